The Bertz CT molecular complexity index is 1290. The molecule has 0 spiro atoms. The molecule has 2 aliphatic heterocycles. The van der Waals surface area contributed by atoms with Gasteiger partial charge in [-0.25, -0.2) is 13.2 Å². The number of sulfonamides is 1. The van der Waals surface area contributed by atoms with E-state index in [4.69, 9.17) is 4.74 Å². The lowest BCUT2D eigenvalue weighted by molar-refractivity contribution is -0.135. The minimum absolute atomic E-state index is 0.0264. The Morgan fingerprint density at radius 3 is 2.63 bits per heavy atom. The predicted octanol–water partition coefficient (Wildman–Crippen LogP) is 4.02. The molecule has 1 saturated heterocycles. The molecule has 3 aliphatic rings. The minimum Gasteiger partial charge on any atom is -0.452 e. The Balaban J connectivity index is 1.27. The highest BCUT2D eigenvalue weighted by Crippen LogP contribution is 2.52. The van der Waals surface area contributed by atoms with Gasteiger partial charge in [0.1, 0.15) is 0 Å². The number of likely N-dealkylation sites (tertiary alicyclic amines) is 1. The molecule has 8 heteroatoms. The van der Waals surface area contributed by atoms with Crippen molar-refractivity contribution in [1.29, 1.82) is 0 Å². The topological polar surface area (TPSA) is 84.0 Å². The van der Waals surface area contributed by atoms with Crippen LogP contribution in [0.1, 0.15) is 56.0 Å². The fraction of sp³-hybridized carbons (Fsp3) is 0.481. The highest BCUT2D eigenvalue weighted by Gasteiger charge is 2.51. The van der Waals surface area contributed by atoms with Crippen LogP contribution in [0, 0.1) is 10.8 Å². The predicted molar refractivity (Wildman–Crippen MR) is 133 cm³/mol. The molecule has 0 N–H and O–H groups in total. The van der Waals surface area contributed by atoms with Crippen LogP contribution in [0.15, 0.2) is 53.4 Å². The molecule has 0 radical (unpaired) electrons. The minimum atomic E-state index is -3.83. The number of hydrogen-bond acceptors (Lipinski definition) is 5. The van der Waals surface area contributed by atoms with Gasteiger partial charge in [-0.3, -0.25) is 9.10 Å². The number of para-hydroxylation sites is 1. The van der Waals surface area contributed by atoms with Crippen molar-refractivity contribution in [2.75, 3.05) is 24.0 Å². The zero-order valence-corrected chi connectivity index (χ0v) is 21.3. The molecule has 2 atom stereocenters. The summed E-state index contributed by atoms with van der Waals surface area (Å²) in [6.07, 6.45) is 3.65. The maximum Gasteiger partial charge on any atom is 0.338 e. The summed E-state index contributed by atoms with van der Waals surface area (Å²) in [6.45, 7) is 7.41. The lowest BCUT2D eigenvalue weighted by Gasteiger charge is -2.39. The van der Waals surface area contributed by atoms with Crippen molar-refractivity contribution in [2.24, 2.45) is 10.8 Å². The number of benzene rings is 2. The van der Waals surface area contributed by atoms with Gasteiger partial charge in [0.2, 0.25) is 0 Å². The summed E-state index contributed by atoms with van der Waals surface area (Å²) in [7, 11) is -3.83. The molecule has 2 unspecified atom stereocenters. The van der Waals surface area contributed by atoms with Gasteiger partial charge in [-0.2, -0.15) is 0 Å². The third-order valence-electron chi connectivity index (χ3n) is 7.56. The Kier molecular flexibility index (Phi) is 5.70. The fourth-order valence-electron chi connectivity index (χ4n) is 6.51. The lowest BCUT2D eigenvalue weighted by atomic mass is 9.65. The largest absolute Gasteiger partial charge is 0.452 e. The van der Waals surface area contributed by atoms with Crippen LogP contribution < -0.4 is 4.31 Å². The van der Waals surface area contributed by atoms with E-state index in [1.54, 1.807) is 6.07 Å². The zero-order chi connectivity index (χ0) is 25.0. The molecule has 2 aromatic carbocycles. The van der Waals surface area contributed by atoms with Crippen LogP contribution in [-0.4, -0.2) is 50.9 Å². The van der Waals surface area contributed by atoms with Crippen LogP contribution in [0.3, 0.4) is 0 Å². The van der Waals surface area contributed by atoms with Gasteiger partial charge in [0.15, 0.2) is 6.61 Å². The first-order chi connectivity index (χ1) is 16.5. The molecular formula is C27H32N2O5S. The van der Waals surface area contributed by atoms with E-state index in [-0.39, 0.29) is 39.8 Å². The monoisotopic (exact) mass is 496 g/mol. The van der Waals surface area contributed by atoms with Gasteiger partial charge < -0.3 is 9.64 Å². The van der Waals surface area contributed by atoms with Gasteiger partial charge >= 0.3 is 5.97 Å². The van der Waals surface area contributed by atoms with Crippen molar-refractivity contribution in [3.8, 4) is 0 Å². The lowest BCUT2D eigenvalue weighted by Crippen LogP contribution is -2.39. The van der Waals surface area contributed by atoms with Crippen LogP contribution in [-0.2, 0) is 26.0 Å². The van der Waals surface area contributed by atoms with Crippen molar-refractivity contribution in [1.82, 2.24) is 4.90 Å². The second kappa shape index (κ2) is 8.36. The van der Waals surface area contributed by atoms with Crippen LogP contribution in [0.4, 0.5) is 5.69 Å². The molecule has 2 fully saturated rings. The maximum absolute atomic E-state index is 13.3. The highest BCUT2D eigenvalue weighted by molar-refractivity contribution is 7.92. The molecule has 1 saturated carbocycles. The quantitative estimate of drug-likeness (QED) is 0.584. The van der Waals surface area contributed by atoms with E-state index in [2.05, 4.69) is 20.8 Å². The van der Waals surface area contributed by atoms with E-state index in [0.29, 0.717) is 25.2 Å². The number of hydrogen-bond donors (Lipinski definition) is 0. The van der Waals surface area contributed by atoms with Gasteiger partial charge in [0.05, 0.1) is 16.1 Å². The number of amides is 1. The molecule has 2 heterocycles. The average molecular weight is 497 g/mol. The van der Waals surface area contributed by atoms with E-state index in [0.717, 1.165) is 24.8 Å². The van der Waals surface area contributed by atoms with Crippen molar-refractivity contribution < 1.29 is 22.7 Å². The number of rotatable bonds is 5. The number of ether oxygens (including phenoxy) is 1. The van der Waals surface area contributed by atoms with E-state index >= 15 is 0 Å². The van der Waals surface area contributed by atoms with Crippen LogP contribution >= 0.6 is 0 Å². The summed E-state index contributed by atoms with van der Waals surface area (Å²) in [5, 5.41) is 0. The summed E-state index contributed by atoms with van der Waals surface area (Å²) in [4.78, 5) is 27.6. The third-order valence-corrected chi connectivity index (χ3v) is 9.37. The molecule has 0 aromatic heterocycles. The van der Waals surface area contributed by atoms with Gasteiger partial charge in [0, 0.05) is 19.1 Å². The number of fused-ring (bicyclic) bond motifs is 3. The summed E-state index contributed by atoms with van der Waals surface area (Å²) >= 11 is 0. The smallest absolute Gasteiger partial charge is 0.338 e. The second-order valence-electron chi connectivity index (χ2n) is 11.3. The van der Waals surface area contributed by atoms with Crippen LogP contribution in [0.5, 0.6) is 0 Å². The van der Waals surface area contributed by atoms with Crippen molar-refractivity contribution in [2.45, 2.75) is 57.4 Å². The van der Waals surface area contributed by atoms with Crippen molar-refractivity contribution in [3.05, 3.63) is 59.7 Å². The molecule has 5 rings (SSSR count). The molecule has 186 valence electrons. The molecule has 7 nitrogen and oxygen atoms in total. The summed E-state index contributed by atoms with van der Waals surface area (Å²) in [6, 6.07) is 13.4. The molecule has 2 aromatic rings. The number of carbonyl (C=O) groups is 2. The van der Waals surface area contributed by atoms with E-state index < -0.39 is 16.0 Å². The zero-order valence-electron chi connectivity index (χ0n) is 20.5. The van der Waals surface area contributed by atoms with E-state index in [1.165, 1.54) is 28.6 Å². The van der Waals surface area contributed by atoms with E-state index in [1.807, 2.05) is 23.1 Å². The molecule has 35 heavy (non-hydrogen) atoms. The fourth-order valence-corrected chi connectivity index (χ4v) is 8.06. The molecular weight excluding hydrogens is 464 g/mol. The normalized spacial score (nSPS) is 24.8. The van der Waals surface area contributed by atoms with Gasteiger partial charge in [-0.1, -0.05) is 45.0 Å². The van der Waals surface area contributed by atoms with Gasteiger partial charge in [-0.15, -0.1) is 0 Å². The van der Waals surface area contributed by atoms with Gasteiger partial charge in [0.25, 0.3) is 15.9 Å². The maximum atomic E-state index is 13.3. The Morgan fingerprint density at radius 2 is 1.83 bits per heavy atom. The summed E-state index contributed by atoms with van der Waals surface area (Å²) in [5.41, 5.74) is 2.04. The summed E-state index contributed by atoms with van der Waals surface area (Å²) < 4.78 is 33.4. The Hall–Kier alpha value is -2.87. The molecule has 2 bridgehead atoms. The van der Waals surface area contributed by atoms with Crippen molar-refractivity contribution >= 4 is 27.6 Å². The number of esters is 1. The first-order valence-corrected chi connectivity index (χ1v) is 13.6. The molecule has 1 amide bonds. The second-order valence-corrected chi connectivity index (χ2v) is 13.2. The summed E-state index contributed by atoms with van der Waals surface area (Å²) in [5.74, 6) is -0.895. The van der Waals surface area contributed by atoms with Crippen LogP contribution in [0.2, 0.25) is 0 Å². The van der Waals surface area contributed by atoms with Crippen molar-refractivity contribution in [3.63, 3.8) is 0 Å². The molecule has 1 aliphatic carbocycles. The van der Waals surface area contributed by atoms with Gasteiger partial charge in [-0.05, 0) is 66.3 Å². The first-order valence-electron chi connectivity index (χ1n) is 12.1. The average Bonchev–Trinajstić information content (AvgIpc) is 3.35. The SMILES string of the molecule is CC1(C)CC2CC(C)(CN2C(=O)COC(=O)c2cccc(S(=O)(=O)N3CCc4ccccc43)c2)C1. The number of carbonyl (C=O) groups excluding carboxylic acids is 2. The van der Waals surface area contributed by atoms with E-state index in [9.17, 15) is 18.0 Å². The third kappa shape index (κ3) is 4.44. The highest BCUT2D eigenvalue weighted by atomic mass is 32.2. The van der Waals surface area contributed by atoms with Crippen LogP contribution in [0.25, 0.3) is 0 Å². The standard InChI is InChI=1S/C27H32N2O5S/c1-26(2)14-21-15-27(3,17-26)18-28(21)24(30)16-34-25(31)20-8-6-9-22(13-20)35(32,33)29-12-11-19-7-4-5-10-23(19)29/h4-10,13,21H,11-12,14-18H2,1-3H3. The Labute approximate surface area is 207 Å². The number of nitrogens with zero attached hydrogens (tertiary/aromatic N) is 2. The Morgan fingerprint density at radius 1 is 1.06 bits per heavy atom. The first kappa shape index (κ1) is 23.9. The number of anilines is 1.